The first-order valence-electron chi connectivity index (χ1n) is 6.27. The van der Waals surface area contributed by atoms with E-state index in [9.17, 15) is 13.2 Å². The third-order valence-corrected chi connectivity index (χ3v) is 4.11. The molecule has 0 amide bonds. The second kappa shape index (κ2) is 5.71. The highest BCUT2D eigenvalue weighted by Crippen LogP contribution is 2.38. The van der Waals surface area contributed by atoms with Gasteiger partial charge in [-0.15, -0.1) is 0 Å². The highest BCUT2D eigenvalue weighted by molar-refractivity contribution is 9.10. The van der Waals surface area contributed by atoms with Gasteiger partial charge >= 0.3 is 6.18 Å². The Labute approximate surface area is 118 Å². The Bertz CT molecular complexity index is 444. The smallest absolute Gasteiger partial charge is 0.366 e. The molecule has 1 fully saturated rings. The van der Waals surface area contributed by atoms with Crippen molar-refractivity contribution in [1.29, 1.82) is 0 Å². The quantitative estimate of drug-likeness (QED) is 0.906. The van der Waals surface area contributed by atoms with Gasteiger partial charge in [-0.1, -0.05) is 0 Å². The Morgan fingerprint density at radius 1 is 1.32 bits per heavy atom. The van der Waals surface area contributed by atoms with Gasteiger partial charge in [0.15, 0.2) is 0 Å². The molecule has 2 nitrogen and oxygen atoms in total. The van der Waals surface area contributed by atoms with Crippen LogP contribution < -0.4 is 10.6 Å². The molecule has 0 aromatic heterocycles. The van der Waals surface area contributed by atoms with E-state index in [1.54, 1.807) is 0 Å². The largest absolute Gasteiger partial charge is 0.416 e. The van der Waals surface area contributed by atoms with Gasteiger partial charge in [-0.3, -0.25) is 0 Å². The third-order valence-electron chi connectivity index (χ3n) is 3.47. The van der Waals surface area contributed by atoms with Crippen LogP contribution in [0.2, 0.25) is 0 Å². The van der Waals surface area contributed by atoms with Crippen molar-refractivity contribution in [3.05, 3.63) is 28.2 Å². The van der Waals surface area contributed by atoms with E-state index in [2.05, 4.69) is 20.8 Å². The molecule has 0 radical (unpaired) electrons. The van der Waals surface area contributed by atoms with E-state index in [1.807, 2.05) is 0 Å². The molecule has 1 aromatic rings. The van der Waals surface area contributed by atoms with Gasteiger partial charge in [0, 0.05) is 23.6 Å². The molecule has 0 unspecified atom stereocenters. The molecule has 1 aliphatic carbocycles. The van der Waals surface area contributed by atoms with Crippen LogP contribution in [-0.2, 0) is 6.18 Å². The molecule has 19 heavy (non-hydrogen) atoms. The summed E-state index contributed by atoms with van der Waals surface area (Å²) in [7, 11) is 0. The van der Waals surface area contributed by atoms with Gasteiger partial charge in [0.05, 0.1) is 11.3 Å². The lowest BCUT2D eigenvalue weighted by Crippen LogP contribution is -2.43. The van der Waals surface area contributed by atoms with Crippen LogP contribution in [0.3, 0.4) is 0 Å². The maximum absolute atomic E-state index is 12.6. The van der Waals surface area contributed by atoms with Crippen LogP contribution in [0.15, 0.2) is 22.7 Å². The zero-order valence-electron chi connectivity index (χ0n) is 10.4. The molecule has 1 aromatic carbocycles. The SMILES string of the molecule is NCCN(c1ccc(C(F)(F)F)cc1Br)C1CCC1. The molecular weight excluding hydrogens is 321 g/mol. The molecule has 106 valence electrons. The Hall–Kier alpha value is -0.750. The van der Waals surface area contributed by atoms with Crippen LogP contribution in [0, 0.1) is 0 Å². The second-order valence-corrected chi connectivity index (χ2v) is 5.59. The second-order valence-electron chi connectivity index (χ2n) is 4.73. The molecule has 0 bridgehead atoms. The van der Waals surface area contributed by atoms with E-state index in [1.165, 1.54) is 12.5 Å². The van der Waals surface area contributed by atoms with E-state index in [0.717, 1.165) is 30.7 Å². The van der Waals surface area contributed by atoms with E-state index in [4.69, 9.17) is 5.73 Å². The maximum atomic E-state index is 12.6. The molecule has 2 rings (SSSR count). The summed E-state index contributed by atoms with van der Waals surface area (Å²) in [6.45, 7) is 1.15. The maximum Gasteiger partial charge on any atom is 0.416 e. The zero-order chi connectivity index (χ0) is 14.0. The fourth-order valence-electron chi connectivity index (χ4n) is 2.25. The number of benzene rings is 1. The summed E-state index contributed by atoms with van der Waals surface area (Å²) in [5, 5.41) is 0. The minimum absolute atomic E-state index is 0.400. The van der Waals surface area contributed by atoms with E-state index in [0.29, 0.717) is 23.6 Å². The van der Waals surface area contributed by atoms with Crippen molar-refractivity contribution in [3.63, 3.8) is 0 Å². The predicted octanol–water partition coefficient (Wildman–Crippen LogP) is 3.79. The summed E-state index contributed by atoms with van der Waals surface area (Å²) in [6, 6.07) is 4.19. The van der Waals surface area contributed by atoms with Crippen molar-refractivity contribution in [2.75, 3.05) is 18.0 Å². The van der Waals surface area contributed by atoms with Crippen molar-refractivity contribution in [1.82, 2.24) is 0 Å². The number of nitrogens with zero attached hydrogens (tertiary/aromatic N) is 1. The minimum Gasteiger partial charge on any atom is -0.366 e. The van der Waals surface area contributed by atoms with Gasteiger partial charge in [0.2, 0.25) is 0 Å². The highest BCUT2D eigenvalue weighted by Gasteiger charge is 2.32. The van der Waals surface area contributed by atoms with E-state index in [-0.39, 0.29) is 0 Å². The molecule has 0 heterocycles. The first-order valence-corrected chi connectivity index (χ1v) is 7.06. The first kappa shape index (κ1) is 14.7. The van der Waals surface area contributed by atoms with Gasteiger partial charge in [-0.05, 0) is 53.4 Å². The Morgan fingerprint density at radius 2 is 2.00 bits per heavy atom. The van der Waals surface area contributed by atoms with E-state index >= 15 is 0 Å². The topological polar surface area (TPSA) is 29.3 Å². The number of alkyl halides is 3. The first-order chi connectivity index (χ1) is 8.93. The standard InChI is InChI=1S/C13H16BrF3N2/c14-11-8-9(13(15,16)17)4-5-12(11)19(7-6-18)10-2-1-3-10/h4-5,8,10H,1-3,6-7,18H2. The van der Waals surface area contributed by atoms with Crippen molar-refractivity contribution < 1.29 is 13.2 Å². The minimum atomic E-state index is -4.31. The fraction of sp³-hybridized carbons (Fsp3) is 0.538. The summed E-state index contributed by atoms with van der Waals surface area (Å²) < 4.78 is 38.4. The summed E-state index contributed by atoms with van der Waals surface area (Å²) >= 11 is 3.25. The summed E-state index contributed by atoms with van der Waals surface area (Å²) in [5.41, 5.74) is 5.76. The summed E-state index contributed by atoms with van der Waals surface area (Å²) in [6.07, 6.45) is -0.985. The fourth-order valence-corrected chi connectivity index (χ4v) is 2.86. The van der Waals surface area contributed by atoms with Crippen LogP contribution >= 0.6 is 15.9 Å². The number of halogens is 4. The molecule has 0 saturated heterocycles. The van der Waals surface area contributed by atoms with Crippen molar-refractivity contribution in [3.8, 4) is 0 Å². The molecule has 0 atom stereocenters. The lowest BCUT2D eigenvalue weighted by molar-refractivity contribution is -0.137. The van der Waals surface area contributed by atoms with Crippen molar-refractivity contribution in [2.24, 2.45) is 5.73 Å². The molecule has 6 heteroatoms. The van der Waals surface area contributed by atoms with Crippen LogP contribution in [0.1, 0.15) is 24.8 Å². The van der Waals surface area contributed by atoms with Crippen LogP contribution in [0.5, 0.6) is 0 Å². The Morgan fingerprint density at radius 3 is 2.42 bits per heavy atom. The van der Waals surface area contributed by atoms with Gasteiger partial charge in [-0.2, -0.15) is 13.2 Å². The number of rotatable bonds is 4. The van der Waals surface area contributed by atoms with Crippen LogP contribution in [-0.4, -0.2) is 19.1 Å². The molecule has 0 aliphatic heterocycles. The van der Waals surface area contributed by atoms with Crippen LogP contribution in [0.4, 0.5) is 18.9 Å². The van der Waals surface area contributed by atoms with Gasteiger partial charge in [0.25, 0.3) is 0 Å². The highest BCUT2D eigenvalue weighted by atomic mass is 79.9. The van der Waals surface area contributed by atoms with Gasteiger partial charge < -0.3 is 10.6 Å². The molecule has 0 spiro atoms. The monoisotopic (exact) mass is 336 g/mol. The normalized spacial score (nSPS) is 16.3. The van der Waals surface area contributed by atoms with Crippen molar-refractivity contribution >= 4 is 21.6 Å². The lowest BCUT2D eigenvalue weighted by Gasteiger charge is -2.39. The Kier molecular flexibility index (Phi) is 4.40. The van der Waals surface area contributed by atoms with Crippen molar-refractivity contribution in [2.45, 2.75) is 31.5 Å². The molecular formula is C13H16BrF3N2. The molecule has 1 aliphatic rings. The van der Waals surface area contributed by atoms with Gasteiger partial charge in [0.1, 0.15) is 0 Å². The zero-order valence-corrected chi connectivity index (χ0v) is 12.0. The number of hydrogen-bond donors (Lipinski definition) is 1. The third kappa shape index (κ3) is 3.23. The molecule has 1 saturated carbocycles. The van der Waals surface area contributed by atoms with E-state index < -0.39 is 11.7 Å². The predicted molar refractivity (Wildman–Crippen MR) is 73.2 cm³/mol. The summed E-state index contributed by atoms with van der Waals surface area (Å²) in [4.78, 5) is 2.10. The lowest BCUT2D eigenvalue weighted by atomic mass is 9.91. The summed E-state index contributed by atoms with van der Waals surface area (Å²) in [5.74, 6) is 0. The van der Waals surface area contributed by atoms with Crippen LogP contribution in [0.25, 0.3) is 0 Å². The number of hydrogen-bond acceptors (Lipinski definition) is 2. The number of nitrogens with two attached hydrogens (primary N) is 1. The van der Waals surface area contributed by atoms with Gasteiger partial charge in [-0.25, -0.2) is 0 Å². The Balaban J connectivity index is 2.27. The average molecular weight is 337 g/mol. The molecule has 2 N–H and O–H groups in total. The number of anilines is 1. The average Bonchev–Trinajstić information content (AvgIpc) is 2.24.